The Hall–Kier alpha value is -1.04. The van der Waals surface area contributed by atoms with E-state index in [1.54, 1.807) is 0 Å². The number of nitriles is 1. The van der Waals surface area contributed by atoms with E-state index in [-0.39, 0.29) is 6.04 Å². The second-order valence-electron chi connectivity index (χ2n) is 3.17. The molecule has 1 aromatic carbocycles. The number of rotatable bonds is 2. The van der Waals surface area contributed by atoms with Crippen LogP contribution in [0.15, 0.2) is 24.3 Å². The van der Waals surface area contributed by atoms with Crippen LogP contribution in [-0.4, -0.2) is 17.5 Å². The average Bonchev–Trinajstić information content (AvgIpc) is 2.88. The van der Waals surface area contributed by atoms with Gasteiger partial charge in [0.25, 0.3) is 0 Å². The first-order valence-corrected chi connectivity index (χ1v) is 4.56. The molecule has 0 amide bonds. The summed E-state index contributed by atoms with van der Waals surface area (Å²) in [6.45, 7) is 1.67. The van der Waals surface area contributed by atoms with Gasteiger partial charge in [0.2, 0.25) is 0 Å². The van der Waals surface area contributed by atoms with E-state index in [4.69, 9.17) is 16.9 Å². The number of hydrogen-bond acceptors (Lipinski definition) is 2. The Morgan fingerprint density at radius 3 is 2.92 bits per heavy atom. The van der Waals surface area contributed by atoms with Crippen molar-refractivity contribution >= 4 is 11.6 Å². The molecular weight excluding hydrogens is 184 g/mol. The van der Waals surface area contributed by atoms with Crippen LogP contribution in [0.1, 0.15) is 5.56 Å². The SMILES string of the molecule is N#CC1CN1Cc1ccccc1Cl. The Morgan fingerprint density at radius 2 is 2.31 bits per heavy atom. The normalized spacial score (nSPS) is 25.2. The van der Waals surface area contributed by atoms with Gasteiger partial charge in [-0.15, -0.1) is 0 Å². The summed E-state index contributed by atoms with van der Waals surface area (Å²) in [7, 11) is 0. The fourth-order valence-corrected chi connectivity index (χ4v) is 1.51. The molecule has 13 heavy (non-hydrogen) atoms. The van der Waals surface area contributed by atoms with E-state index in [2.05, 4.69) is 11.0 Å². The van der Waals surface area contributed by atoms with Gasteiger partial charge in [0.15, 0.2) is 0 Å². The summed E-state index contributed by atoms with van der Waals surface area (Å²) in [5.74, 6) is 0. The molecule has 2 nitrogen and oxygen atoms in total. The van der Waals surface area contributed by atoms with E-state index in [1.807, 2.05) is 24.3 Å². The van der Waals surface area contributed by atoms with Crippen molar-refractivity contribution in [1.29, 1.82) is 5.26 Å². The van der Waals surface area contributed by atoms with Crippen LogP contribution < -0.4 is 0 Å². The van der Waals surface area contributed by atoms with Crippen molar-refractivity contribution in [2.24, 2.45) is 0 Å². The van der Waals surface area contributed by atoms with Crippen molar-refractivity contribution in [2.45, 2.75) is 12.6 Å². The van der Waals surface area contributed by atoms with Gasteiger partial charge in [0, 0.05) is 18.1 Å². The van der Waals surface area contributed by atoms with E-state index >= 15 is 0 Å². The van der Waals surface area contributed by atoms with Crippen LogP contribution in [0.3, 0.4) is 0 Å². The zero-order valence-corrected chi connectivity index (χ0v) is 7.83. The van der Waals surface area contributed by atoms with Crippen LogP contribution in [0, 0.1) is 11.3 Å². The van der Waals surface area contributed by atoms with Crippen LogP contribution >= 0.6 is 11.6 Å². The molecule has 2 unspecified atom stereocenters. The summed E-state index contributed by atoms with van der Waals surface area (Å²) in [5.41, 5.74) is 1.10. The highest BCUT2D eigenvalue weighted by molar-refractivity contribution is 6.31. The lowest BCUT2D eigenvalue weighted by Gasteiger charge is -2.03. The Balaban J connectivity index is 2.04. The highest BCUT2D eigenvalue weighted by Gasteiger charge is 2.33. The Bertz CT molecular complexity index is 356. The molecule has 0 N–H and O–H groups in total. The summed E-state index contributed by atoms with van der Waals surface area (Å²) in [6.07, 6.45) is 0. The highest BCUT2D eigenvalue weighted by Crippen LogP contribution is 2.24. The molecule has 1 aliphatic rings. The molecular formula is C10H9ClN2. The molecule has 66 valence electrons. The van der Waals surface area contributed by atoms with Crippen LogP contribution in [0.5, 0.6) is 0 Å². The molecule has 0 aromatic heterocycles. The third kappa shape index (κ3) is 1.82. The maximum absolute atomic E-state index is 8.60. The van der Waals surface area contributed by atoms with Gasteiger partial charge in [0.05, 0.1) is 6.07 Å². The van der Waals surface area contributed by atoms with E-state index in [0.717, 1.165) is 23.7 Å². The molecule has 3 heteroatoms. The smallest absolute Gasteiger partial charge is 0.111 e. The number of benzene rings is 1. The quantitative estimate of drug-likeness (QED) is 0.671. The van der Waals surface area contributed by atoms with Crippen LogP contribution in [0.4, 0.5) is 0 Å². The van der Waals surface area contributed by atoms with Crippen molar-refractivity contribution < 1.29 is 0 Å². The molecule has 1 aromatic rings. The lowest BCUT2D eigenvalue weighted by molar-refractivity contribution is 0.532. The van der Waals surface area contributed by atoms with Crippen molar-refractivity contribution in [3.05, 3.63) is 34.9 Å². The summed E-state index contributed by atoms with van der Waals surface area (Å²) in [5, 5.41) is 9.38. The third-order valence-electron chi connectivity index (χ3n) is 2.19. The molecule has 0 saturated carbocycles. The zero-order chi connectivity index (χ0) is 9.26. The van der Waals surface area contributed by atoms with Gasteiger partial charge >= 0.3 is 0 Å². The third-order valence-corrected chi connectivity index (χ3v) is 2.56. The minimum atomic E-state index is 0.108. The minimum absolute atomic E-state index is 0.108. The molecule has 2 atom stereocenters. The second kappa shape index (κ2) is 3.37. The molecule has 1 aliphatic heterocycles. The Labute approximate surface area is 82.3 Å². The van der Waals surface area contributed by atoms with Gasteiger partial charge in [0.1, 0.15) is 6.04 Å². The fourth-order valence-electron chi connectivity index (χ4n) is 1.32. The van der Waals surface area contributed by atoms with Gasteiger partial charge < -0.3 is 0 Å². The standard InChI is InChI=1S/C10H9ClN2/c11-10-4-2-1-3-8(10)6-13-7-9(13)5-12/h1-4,9H,6-7H2. The first kappa shape index (κ1) is 8.55. The molecule has 0 radical (unpaired) electrons. The number of hydrogen-bond donors (Lipinski definition) is 0. The van der Waals surface area contributed by atoms with Gasteiger partial charge in [-0.05, 0) is 11.6 Å². The molecule has 2 rings (SSSR count). The predicted molar refractivity (Wildman–Crippen MR) is 51.3 cm³/mol. The predicted octanol–water partition coefficient (Wildman–Crippen LogP) is 2.05. The Kier molecular flexibility index (Phi) is 2.22. The largest absolute Gasteiger partial charge is 0.280 e. The first-order chi connectivity index (χ1) is 6.31. The van der Waals surface area contributed by atoms with E-state index in [1.165, 1.54) is 0 Å². The van der Waals surface area contributed by atoms with Gasteiger partial charge in [-0.3, -0.25) is 4.90 Å². The van der Waals surface area contributed by atoms with Gasteiger partial charge in [-0.2, -0.15) is 5.26 Å². The highest BCUT2D eigenvalue weighted by atomic mass is 35.5. The fraction of sp³-hybridized carbons (Fsp3) is 0.300. The van der Waals surface area contributed by atoms with E-state index in [0.29, 0.717) is 0 Å². The number of nitrogens with zero attached hydrogens (tertiary/aromatic N) is 2. The monoisotopic (exact) mass is 192 g/mol. The van der Waals surface area contributed by atoms with Gasteiger partial charge in [-0.1, -0.05) is 29.8 Å². The van der Waals surface area contributed by atoms with Crippen LogP contribution in [0.2, 0.25) is 5.02 Å². The molecule has 0 aliphatic carbocycles. The zero-order valence-electron chi connectivity index (χ0n) is 7.07. The van der Waals surface area contributed by atoms with Crippen LogP contribution in [-0.2, 0) is 6.54 Å². The van der Waals surface area contributed by atoms with Gasteiger partial charge in [-0.25, -0.2) is 0 Å². The summed E-state index contributed by atoms with van der Waals surface area (Å²) < 4.78 is 0. The summed E-state index contributed by atoms with van der Waals surface area (Å²) in [4.78, 5) is 2.08. The van der Waals surface area contributed by atoms with Crippen molar-refractivity contribution in [2.75, 3.05) is 6.54 Å². The van der Waals surface area contributed by atoms with Crippen molar-refractivity contribution in [3.8, 4) is 6.07 Å². The number of halogens is 1. The molecule has 0 bridgehead atoms. The summed E-state index contributed by atoms with van der Waals surface area (Å²) in [6, 6.07) is 10.1. The average molecular weight is 193 g/mol. The second-order valence-corrected chi connectivity index (χ2v) is 3.57. The first-order valence-electron chi connectivity index (χ1n) is 4.18. The van der Waals surface area contributed by atoms with Crippen molar-refractivity contribution in [3.63, 3.8) is 0 Å². The molecule has 0 spiro atoms. The summed E-state index contributed by atoms with van der Waals surface area (Å²) >= 11 is 5.98. The van der Waals surface area contributed by atoms with E-state index < -0.39 is 0 Å². The van der Waals surface area contributed by atoms with E-state index in [9.17, 15) is 0 Å². The molecule has 1 saturated heterocycles. The maximum atomic E-state index is 8.60. The van der Waals surface area contributed by atoms with Crippen LogP contribution in [0.25, 0.3) is 0 Å². The lowest BCUT2D eigenvalue weighted by atomic mass is 10.2. The van der Waals surface area contributed by atoms with Crippen molar-refractivity contribution in [1.82, 2.24) is 4.90 Å². The maximum Gasteiger partial charge on any atom is 0.111 e. The molecule has 1 fully saturated rings. The lowest BCUT2D eigenvalue weighted by Crippen LogP contribution is -2.00. The Morgan fingerprint density at radius 1 is 1.54 bits per heavy atom. The molecule has 1 heterocycles. The minimum Gasteiger partial charge on any atom is -0.280 e. The topological polar surface area (TPSA) is 26.8 Å².